The van der Waals surface area contributed by atoms with Crippen LogP contribution in [0.5, 0.6) is 0 Å². The van der Waals surface area contributed by atoms with E-state index in [1.807, 2.05) is 0 Å². The van der Waals surface area contributed by atoms with Crippen LogP contribution in [0.25, 0.3) is 0 Å². The van der Waals surface area contributed by atoms with Gasteiger partial charge in [0.2, 0.25) is 5.89 Å². The Morgan fingerprint density at radius 1 is 1.47 bits per heavy atom. The lowest BCUT2D eigenvalue weighted by atomic mass is 10.3. The summed E-state index contributed by atoms with van der Waals surface area (Å²) in [5, 5.41) is 7.05. The van der Waals surface area contributed by atoms with Crippen LogP contribution in [0.2, 0.25) is 0 Å². The quantitative estimate of drug-likeness (QED) is 0.691. The van der Waals surface area contributed by atoms with Crippen LogP contribution in [-0.2, 0) is 11.3 Å². The van der Waals surface area contributed by atoms with Crippen molar-refractivity contribution in [3.05, 3.63) is 11.7 Å². The molecule has 0 aliphatic carbocycles. The molecule has 0 aliphatic heterocycles. The number of nitrogens with zero attached hydrogens (tertiary/aromatic N) is 2. The van der Waals surface area contributed by atoms with E-state index >= 15 is 0 Å². The van der Waals surface area contributed by atoms with E-state index in [9.17, 15) is 0 Å². The first kappa shape index (κ1) is 12.1. The van der Waals surface area contributed by atoms with Crippen LogP contribution in [0.3, 0.4) is 0 Å². The molecule has 1 N–H and O–H groups in total. The van der Waals surface area contributed by atoms with E-state index in [0.29, 0.717) is 31.0 Å². The maximum Gasteiger partial charge on any atom is 0.223 e. The van der Waals surface area contributed by atoms with Gasteiger partial charge in [0.15, 0.2) is 5.82 Å². The monoisotopic (exact) mass is 213 g/mol. The van der Waals surface area contributed by atoms with Gasteiger partial charge in [0.25, 0.3) is 0 Å². The number of aromatic nitrogens is 2. The average Bonchev–Trinajstić information content (AvgIpc) is 2.57. The number of ether oxygens (including phenoxy) is 1. The van der Waals surface area contributed by atoms with Crippen LogP contribution in [-0.4, -0.2) is 29.3 Å². The summed E-state index contributed by atoms with van der Waals surface area (Å²) in [5.74, 6) is 1.19. The molecule has 1 heterocycles. The van der Waals surface area contributed by atoms with Gasteiger partial charge in [0, 0.05) is 19.6 Å². The highest BCUT2D eigenvalue weighted by Gasteiger charge is 2.01. The minimum atomic E-state index is 0.430. The second-order valence-corrected chi connectivity index (χ2v) is 3.74. The Kier molecular flexibility index (Phi) is 5.28. The standard InChI is InChI=1S/C10H19N3O2/c1-8(2)11-5-4-6-14-7-10-12-9(3)15-13-10/h8,11H,4-7H2,1-3H3. The third kappa shape index (κ3) is 5.49. The Morgan fingerprint density at radius 3 is 2.87 bits per heavy atom. The Morgan fingerprint density at radius 2 is 2.27 bits per heavy atom. The summed E-state index contributed by atoms with van der Waals surface area (Å²) in [4.78, 5) is 4.04. The SMILES string of the molecule is Cc1nc(COCCCNC(C)C)no1. The third-order valence-corrected chi connectivity index (χ3v) is 1.82. The van der Waals surface area contributed by atoms with Crippen LogP contribution in [0.4, 0.5) is 0 Å². The lowest BCUT2D eigenvalue weighted by Gasteiger charge is -2.07. The Balaban J connectivity index is 1.98. The number of nitrogens with one attached hydrogen (secondary N) is 1. The van der Waals surface area contributed by atoms with Gasteiger partial charge in [0.1, 0.15) is 6.61 Å². The van der Waals surface area contributed by atoms with Crippen molar-refractivity contribution < 1.29 is 9.26 Å². The zero-order valence-corrected chi connectivity index (χ0v) is 9.62. The van der Waals surface area contributed by atoms with Crippen molar-refractivity contribution in [1.29, 1.82) is 0 Å². The Bertz CT molecular complexity index is 273. The molecule has 15 heavy (non-hydrogen) atoms. The van der Waals surface area contributed by atoms with Crippen molar-refractivity contribution in [2.45, 2.75) is 39.8 Å². The molecule has 0 unspecified atom stereocenters. The fraction of sp³-hybridized carbons (Fsp3) is 0.800. The molecule has 0 fully saturated rings. The van der Waals surface area contributed by atoms with Gasteiger partial charge in [-0.1, -0.05) is 19.0 Å². The molecule has 0 saturated heterocycles. The molecular formula is C10H19N3O2. The van der Waals surface area contributed by atoms with E-state index in [1.165, 1.54) is 0 Å². The molecule has 0 amide bonds. The van der Waals surface area contributed by atoms with Gasteiger partial charge >= 0.3 is 0 Å². The van der Waals surface area contributed by atoms with Crippen LogP contribution >= 0.6 is 0 Å². The number of aryl methyl sites for hydroxylation is 1. The van der Waals surface area contributed by atoms with Gasteiger partial charge in [-0.2, -0.15) is 4.98 Å². The highest BCUT2D eigenvalue weighted by atomic mass is 16.5. The van der Waals surface area contributed by atoms with E-state index in [1.54, 1.807) is 6.92 Å². The number of hydrogen-bond acceptors (Lipinski definition) is 5. The first-order chi connectivity index (χ1) is 7.18. The summed E-state index contributed by atoms with van der Waals surface area (Å²) in [6.07, 6.45) is 0.995. The molecule has 0 saturated carbocycles. The molecule has 1 aromatic heterocycles. The van der Waals surface area contributed by atoms with E-state index in [-0.39, 0.29) is 0 Å². The fourth-order valence-corrected chi connectivity index (χ4v) is 1.13. The highest BCUT2D eigenvalue weighted by molar-refractivity contribution is 4.80. The summed E-state index contributed by atoms with van der Waals surface area (Å²) in [5.41, 5.74) is 0. The van der Waals surface area contributed by atoms with Gasteiger partial charge in [-0.05, 0) is 13.0 Å². The molecule has 1 rings (SSSR count). The largest absolute Gasteiger partial charge is 0.373 e. The van der Waals surface area contributed by atoms with Crippen molar-refractivity contribution >= 4 is 0 Å². The molecular weight excluding hydrogens is 194 g/mol. The lowest BCUT2D eigenvalue weighted by molar-refractivity contribution is 0.111. The van der Waals surface area contributed by atoms with E-state index in [2.05, 4.69) is 29.3 Å². The number of hydrogen-bond donors (Lipinski definition) is 1. The Labute approximate surface area is 90.2 Å². The summed E-state index contributed by atoms with van der Waals surface area (Å²) in [6.45, 7) is 8.14. The maximum atomic E-state index is 5.39. The molecule has 0 aliphatic rings. The van der Waals surface area contributed by atoms with E-state index in [0.717, 1.165) is 13.0 Å². The highest BCUT2D eigenvalue weighted by Crippen LogP contribution is 1.97. The van der Waals surface area contributed by atoms with Crippen LogP contribution in [0.15, 0.2) is 4.52 Å². The normalized spacial score (nSPS) is 11.2. The van der Waals surface area contributed by atoms with E-state index < -0.39 is 0 Å². The van der Waals surface area contributed by atoms with Gasteiger partial charge in [-0.3, -0.25) is 0 Å². The molecule has 5 nitrogen and oxygen atoms in total. The minimum absolute atomic E-state index is 0.430. The fourth-order valence-electron chi connectivity index (χ4n) is 1.13. The van der Waals surface area contributed by atoms with Crippen molar-refractivity contribution in [2.24, 2.45) is 0 Å². The molecule has 0 aromatic carbocycles. The van der Waals surface area contributed by atoms with E-state index in [4.69, 9.17) is 9.26 Å². The first-order valence-electron chi connectivity index (χ1n) is 5.29. The van der Waals surface area contributed by atoms with Crippen molar-refractivity contribution in [1.82, 2.24) is 15.5 Å². The van der Waals surface area contributed by atoms with Gasteiger partial charge < -0.3 is 14.6 Å². The molecule has 1 aromatic rings. The molecule has 5 heteroatoms. The lowest BCUT2D eigenvalue weighted by Crippen LogP contribution is -2.24. The van der Waals surface area contributed by atoms with Gasteiger partial charge in [0.05, 0.1) is 0 Å². The minimum Gasteiger partial charge on any atom is -0.373 e. The van der Waals surface area contributed by atoms with Crippen molar-refractivity contribution in [2.75, 3.05) is 13.2 Å². The summed E-state index contributed by atoms with van der Waals surface area (Å²) < 4.78 is 10.2. The zero-order valence-electron chi connectivity index (χ0n) is 9.62. The van der Waals surface area contributed by atoms with Crippen molar-refractivity contribution in [3.63, 3.8) is 0 Å². The van der Waals surface area contributed by atoms with Gasteiger partial charge in [-0.25, -0.2) is 0 Å². The summed E-state index contributed by atoms with van der Waals surface area (Å²) in [7, 11) is 0. The molecule has 0 atom stereocenters. The zero-order chi connectivity index (χ0) is 11.1. The third-order valence-electron chi connectivity index (χ3n) is 1.82. The summed E-state index contributed by atoms with van der Waals surface area (Å²) >= 11 is 0. The smallest absolute Gasteiger partial charge is 0.223 e. The average molecular weight is 213 g/mol. The second-order valence-electron chi connectivity index (χ2n) is 3.74. The van der Waals surface area contributed by atoms with Gasteiger partial charge in [-0.15, -0.1) is 0 Å². The molecule has 0 bridgehead atoms. The van der Waals surface area contributed by atoms with Crippen molar-refractivity contribution in [3.8, 4) is 0 Å². The summed E-state index contributed by atoms with van der Waals surface area (Å²) in [6, 6.07) is 0.532. The molecule has 0 spiro atoms. The number of rotatable bonds is 7. The maximum absolute atomic E-state index is 5.39. The second kappa shape index (κ2) is 6.53. The topological polar surface area (TPSA) is 60.2 Å². The Hall–Kier alpha value is -0.940. The predicted molar refractivity (Wildman–Crippen MR) is 56.4 cm³/mol. The van der Waals surface area contributed by atoms with Crippen LogP contribution < -0.4 is 5.32 Å². The first-order valence-corrected chi connectivity index (χ1v) is 5.29. The predicted octanol–water partition coefficient (Wildman–Crippen LogP) is 1.28. The molecule has 86 valence electrons. The van der Waals surface area contributed by atoms with Crippen LogP contribution in [0, 0.1) is 6.92 Å². The van der Waals surface area contributed by atoms with Crippen LogP contribution in [0.1, 0.15) is 32.0 Å². The molecule has 0 radical (unpaired) electrons.